The van der Waals surface area contributed by atoms with E-state index < -0.39 is 21.3 Å². The van der Waals surface area contributed by atoms with Crippen LogP contribution in [0.5, 0.6) is 0 Å². The van der Waals surface area contributed by atoms with Crippen LogP contribution in [0.15, 0.2) is 11.3 Å². The Kier molecular flexibility index (Phi) is 2.98. The third-order valence-corrected chi connectivity index (χ3v) is 2.86. The molecular formula is C10H14O5S. The summed E-state index contributed by atoms with van der Waals surface area (Å²) in [5.41, 5.74) is -0.711. The minimum absolute atomic E-state index is 0.0337. The van der Waals surface area contributed by atoms with E-state index in [1.54, 1.807) is 13.8 Å². The molecule has 1 rings (SSSR count). The molecule has 0 aromatic carbocycles. The fourth-order valence-electron chi connectivity index (χ4n) is 1.64. The van der Waals surface area contributed by atoms with Gasteiger partial charge in [-0.2, -0.15) is 8.42 Å². The molecule has 0 radical (unpaired) electrons. The number of carbonyl (C=O) groups is 2. The molecule has 0 N–H and O–H groups in total. The van der Waals surface area contributed by atoms with Crippen LogP contribution in [0.2, 0.25) is 0 Å². The molecule has 0 unspecified atom stereocenters. The number of hydrogen-bond acceptors (Lipinski definition) is 5. The van der Waals surface area contributed by atoms with Crippen LogP contribution in [0.3, 0.4) is 0 Å². The van der Waals surface area contributed by atoms with Crippen LogP contribution in [0.25, 0.3) is 0 Å². The second kappa shape index (κ2) is 3.69. The Morgan fingerprint density at radius 1 is 1.25 bits per heavy atom. The van der Waals surface area contributed by atoms with Crippen molar-refractivity contribution >= 4 is 21.7 Å². The first-order chi connectivity index (χ1) is 7.04. The monoisotopic (exact) mass is 246 g/mol. The van der Waals surface area contributed by atoms with Crippen molar-refractivity contribution in [2.75, 3.05) is 6.26 Å². The van der Waals surface area contributed by atoms with Gasteiger partial charge in [-0.15, -0.1) is 0 Å². The SMILES string of the molecule is CC1=C(OS(C)(=O)=O)C(=O)CC(C)(C)C1=O. The van der Waals surface area contributed by atoms with E-state index in [-0.39, 0.29) is 23.5 Å². The average molecular weight is 246 g/mol. The Balaban J connectivity index is 3.23. The molecule has 0 aromatic rings. The van der Waals surface area contributed by atoms with Gasteiger partial charge in [0, 0.05) is 17.4 Å². The second-order valence-electron chi connectivity index (χ2n) is 4.55. The molecule has 1 aliphatic carbocycles. The highest BCUT2D eigenvalue weighted by atomic mass is 32.2. The lowest BCUT2D eigenvalue weighted by atomic mass is 9.75. The number of hydrogen-bond donors (Lipinski definition) is 0. The molecule has 0 atom stereocenters. The molecule has 16 heavy (non-hydrogen) atoms. The molecule has 90 valence electrons. The van der Waals surface area contributed by atoms with Crippen molar-refractivity contribution in [3.05, 3.63) is 11.3 Å². The Bertz CT molecular complexity index is 481. The molecule has 0 saturated heterocycles. The van der Waals surface area contributed by atoms with E-state index in [9.17, 15) is 18.0 Å². The first-order valence-electron chi connectivity index (χ1n) is 4.73. The number of Topliss-reactive ketones (excluding diaryl/α,β-unsaturated/α-hetero) is 2. The molecule has 0 heterocycles. The zero-order valence-electron chi connectivity index (χ0n) is 9.66. The van der Waals surface area contributed by atoms with Crippen LogP contribution >= 0.6 is 0 Å². The summed E-state index contributed by atoms with van der Waals surface area (Å²) < 4.78 is 26.4. The van der Waals surface area contributed by atoms with Crippen molar-refractivity contribution < 1.29 is 22.2 Å². The number of ketones is 2. The van der Waals surface area contributed by atoms with Crippen molar-refractivity contribution in [2.24, 2.45) is 5.41 Å². The minimum Gasteiger partial charge on any atom is -0.378 e. The molecule has 0 aliphatic heterocycles. The van der Waals surface area contributed by atoms with Gasteiger partial charge in [-0.3, -0.25) is 9.59 Å². The maximum atomic E-state index is 11.8. The first-order valence-corrected chi connectivity index (χ1v) is 6.54. The molecule has 1 aliphatic rings. The van der Waals surface area contributed by atoms with Gasteiger partial charge in [0.2, 0.25) is 5.78 Å². The fraction of sp³-hybridized carbons (Fsp3) is 0.600. The van der Waals surface area contributed by atoms with E-state index >= 15 is 0 Å². The van der Waals surface area contributed by atoms with Crippen LogP contribution in [0.1, 0.15) is 27.2 Å². The summed E-state index contributed by atoms with van der Waals surface area (Å²) in [6.45, 7) is 4.70. The topological polar surface area (TPSA) is 77.5 Å². The van der Waals surface area contributed by atoms with E-state index in [1.165, 1.54) is 6.92 Å². The smallest absolute Gasteiger partial charge is 0.306 e. The van der Waals surface area contributed by atoms with Gasteiger partial charge >= 0.3 is 10.1 Å². The van der Waals surface area contributed by atoms with Crippen molar-refractivity contribution in [2.45, 2.75) is 27.2 Å². The highest BCUT2D eigenvalue weighted by Crippen LogP contribution is 2.34. The first kappa shape index (κ1) is 12.9. The highest BCUT2D eigenvalue weighted by molar-refractivity contribution is 7.86. The van der Waals surface area contributed by atoms with Crippen LogP contribution in [-0.4, -0.2) is 26.2 Å². The predicted octanol–water partition coefficient (Wildman–Crippen LogP) is 0.805. The van der Waals surface area contributed by atoms with Crippen LogP contribution < -0.4 is 0 Å². The summed E-state index contributed by atoms with van der Waals surface area (Å²) >= 11 is 0. The van der Waals surface area contributed by atoms with E-state index in [1.807, 2.05) is 0 Å². The van der Waals surface area contributed by atoms with Gasteiger partial charge in [-0.25, -0.2) is 0 Å². The van der Waals surface area contributed by atoms with Crippen LogP contribution in [0.4, 0.5) is 0 Å². The van der Waals surface area contributed by atoms with Crippen molar-refractivity contribution in [3.63, 3.8) is 0 Å². The second-order valence-corrected chi connectivity index (χ2v) is 6.13. The van der Waals surface area contributed by atoms with E-state index in [0.29, 0.717) is 0 Å². The van der Waals surface area contributed by atoms with Crippen LogP contribution in [-0.2, 0) is 23.9 Å². The van der Waals surface area contributed by atoms with E-state index in [2.05, 4.69) is 4.18 Å². The fourth-order valence-corrected chi connectivity index (χ4v) is 2.16. The third-order valence-electron chi connectivity index (χ3n) is 2.39. The van der Waals surface area contributed by atoms with Crippen molar-refractivity contribution in [1.29, 1.82) is 0 Å². The third kappa shape index (κ3) is 2.49. The summed E-state index contributed by atoms with van der Waals surface area (Å²) in [6.07, 6.45) is 0.804. The molecule has 0 fully saturated rings. The normalized spacial score (nSPS) is 21.2. The molecule has 0 bridgehead atoms. The van der Waals surface area contributed by atoms with E-state index in [0.717, 1.165) is 6.26 Å². The van der Waals surface area contributed by atoms with Crippen molar-refractivity contribution in [3.8, 4) is 0 Å². The van der Waals surface area contributed by atoms with Crippen LogP contribution in [0, 0.1) is 5.41 Å². The summed E-state index contributed by atoms with van der Waals surface area (Å²) in [5, 5.41) is 0. The molecule has 0 amide bonds. The van der Waals surface area contributed by atoms with Gasteiger partial charge < -0.3 is 4.18 Å². The number of carbonyl (C=O) groups excluding carboxylic acids is 2. The zero-order chi connectivity index (χ0) is 12.7. The Hall–Kier alpha value is -1.17. The van der Waals surface area contributed by atoms with Gasteiger partial charge in [0.25, 0.3) is 0 Å². The molecule has 5 nitrogen and oxygen atoms in total. The number of rotatable bonds is 2. The summed E-state index contributed by atoms with van der Waals surface area (Å²) in [6, 6.07) is 0. The standard InChI is InChI=1S/C10H14O5S/c1-6-8(15-16(4,13)14)7(11)5-10(2,3)9(6)12/h5H2,1-4H3. The highest BCUT2D eigenvalue weighted by Gasteiger charge is 2.40. The number of allylic oxidation sites excluding steroid dienone is 2. The van der Waals surface area contributed by atoms with Crippen molar-refractivity contribution in [1.82, 2.24) is 0 Å². The quantitative estimate of drug-likeness (QED) is 0.674. The predicted molar refractivity (Wildman–Crippen MR) is 57.0 cm³/mol. The Labute approximate surface area is 94.6 Å². The molecule has 0 saturated carbocycles. The maximum absolute atomic E-state index is 11.8. The largest absolute Gasteiger partial charge is 0.378 e. The summed E-state index contributed by atoms with van der Waals surface area (Å²) in [4.78, 5) is 23.4. The van der Waals surface area contributed by atoms with E-state index in [4.69, 9.17) is 0 Å². The molecule has 0 spiro atoms. The molecule has 6 heteroatoms. The zero-order valence-corrected chi connectivity index (χ0v) is 10.5. The lowest BCUT2D eigenvalue weighted by Crippen LogP contribution is -2.35. The van der Waals surface area contributed by atoms with Gasteiger partial charge in [-0.05, 0) is 6.92 Å². The average Bonchev–Trinajstić information content (AvgIpc) is 2.07. The lowest BCUT2D eigenvalue weighted by molar-refractivity contribution is -0.131. The Morgan fingerprint density at radius 2 is 1.75 bits per heavy atom. The Morgan fingerprint density at radius 3 is 2.19 bits per heavy atom. The molecular weight excluding hydrogens is 232 g/mol. The van der Waals surface area contributed by atoms with Gasteiger partial charge in [0.1, 0.15) is 0 Å². The lowest BCUT2D eigenvalue weighted by Gasteiger charge is -2.28. The summed E-state index contributed by atoms with van der Waals surface area (Å²) in [7, 11) is -3.78. The van der Waals surface area contributed by atoms with Gasteiger partial charge in [-0.1, -0.05) is 13.8 Å². The van der Waals surface area contributed by atoms with Gasteiger partial charge in [0.05, 0.1) is 6.26 Å². The minimum atomic E-state index is -3.78. The summed E-state index contributed by atoms with van der Waals surface area (Å²) in [5.74, 6) is -1.05. The maximum Gasteiger partial charge on any atom is 0.306 e. The van der Waals surface area contributed by atoms with Gasteiger partial charge in [0.15, 0.2) is 11.5 Å². The molecule has 0 aromatic heterocycles.